The van der Waals surface area contributed by atoms with Gasteiger partial charge in [-0.3, -0.25) is 0 Å². The van der Waals surface area contributed by atoms with Crippen LogP contribution in [0.1, 0.15) is 26.3 Å². The van der Waals surface area contributed by atoms with Gasteiger partial charge in [0, 0.05) is 5.56 Å². The molecule has 0 atom stereocenters. The lowest BCUT2D eigenvalue weighted by molar-refractivity contribution is 0.472. The predicted octanol–water partition coefficient (Wildman–Crippen LogP) is 4.52. The molecule has 4 heteroatoms. The summed E-state index contributed by atoms with van der Waals surface area (Å²) in [5, 5.41) is 0. The van der Waals surface area contributed by atoms with Gasteiger partial charge in [-0.05, 0) is 40.5 Å². The number of rotatable bonds is 2. The van der Waals surface area contributed by atoms with Gasteiger partial charge < -0.3 is 4.43 Å². The highest BCUT2D eigenvalue weighted by Gasteiger charge is 2.23. The van der Waals surface area contributed by atoms with Crippen molar-refractivity contribution in [3.63, 3.8) is 0 Å². The Balaban J connectivity index is 3.33. The zero-order valence-corrected chi connectivity index (χ0v) is 12.9. The van der Waals surface area contributed by atoms with Gasteiger partial charge in [0.25, 0.3) is 9.04 Å². The fraction of sp³-hybridized carbons (Fsp3) is 0.500. The second-order valence-corrected chi connectivity index (χ2v) is 7.87. The van der Waals surface area contributed by atoms with Gasteiger partial charge in [0.1, 0.15) is 5.75 Å². The highest BCUT2D eigenvalue weighted by molar-refractivity contribution is 9.10. The van der Waals surface area contributed by atoms with E-state index < -0.39 is 9.04 Å². The monoisotopic (exact) mass is 303 g/mol. The Morgan fingerprint density at radius 3 is 2.25 bits per heavy atom. The van der Waals surface area contributed by atoms with Crippen LogP contribution in [0.25, 0.3) is 0 Å². The minimum Gasteiger partial charge on any atom is -0.540 e. The summed E-state index contributed by atoms with van der Waals surface area (Å²) >= 11 is 3.19. The van der Waals surface area contributed by atoms with Gasteiger partial charge in [0.05, 0.1) is 4.47 Å². The van der Waals surface area contributed by atoms with E-state index in [1.807, 2.05) is 19.2 Å². The Kier molecular flexibility index (Phi) is 4.18. The summed E-state index contributed by atoms with van der Waals surface area (Å²) in [6.45, 7) is 10.2. The number of hydrogen-bond donors (Lipinski definition) is 0. The SMILES string of the molecule is C[Si](C)Oc1c(C(C)(C)C)ccc(Br)c1F. The third-order valence-corrected chi connectivity index (χ3v) is 3.39. The molecule has 0 aliphatic rings. The molecule has 1 radical (unpaired) electrons. The van der Waals surface area contributed by atoms with Crippen LogP contribution in [0.5, 0.6) is 5.75 Å². The molecule has 0 saturated heterocycles. The summed E-state index contributed by atoms with van der Waals surface area (Å²) in [7, 11) is -0.968. The fourth-order valence-electron chi connectivity index (χ4n) is 1.43. The molecule has 16 heavy (non-hydrogen) atoms. The van der Waals surface area contributed by atoms with E-state index in [-0.39, 0.29) is 11.2 Å². The molecule has 0 saturated carbocycles. The van der Waals surface area contributed by atoms with Gasteiger partial charge in [-0.25, -0.2) is 4.39 Å². The van der Waals surface area contributed by atoms with Gasteiger partial charge in [-0.2, -0.15) is 0 Å². The third kappa shape index (κ3) is 3.07. The first kappa shape index (κ1) is 13.7. The molecular weight excluding hydrogens is 287 g/mol. The summed E-state index contributed by atoms with van der Waals surface area (Å²) in [6, 6.07) is 3.66. The van der Waals surface area contributed by atoms with Crippen molar-refractivity contribution in [3.05, 3.63) is 28.0 Å². The Bertz CT molecular complexity index is 385. The largest absolute Gasteiger partial charge is 0.540 e. The van der Waals surface area contributed by atoms with Crippen molar-refractivity contribution >= 4 is 25.0 Å². The maximum Gasteiger partial charge on any atom is 0.274 e. The van der Waals surface area contributed by atoms with Crippen molar-refractivity contribution in [1.82, 2.24) is 0 Å². The van der Waals surface area contributed by atoms with E-state index in [0.29, 0.717) is 10.2 Å². The first-order valence-corrected chi connectivity index (χ1v) is 8.40. The molecule has 0 aromatic heterocycles. The van der Waals surface area contributed by atoms with Gasteiger partial charge in [0.15, 0.2) is 5.82 Å². The molecule has 89 valence electrons. The Morgan fingerprint density at radius 1 is 1.25 bits per heavy atom. The van der Waals surface area contributed by atoms with Gasteiger partial charge >= 0.3 is 0 Å². The van der Waals surface area contributed by atoms with E-state index in [4.69, 9.17) is 4.43 Å². The molecule has 0 N–H and O–H groups in total. The van der Waals surface area contributed by atoms with Crippen molar-refractivity contribution in [2.45, 2.75) is 39.3 Å². The van der Waals surface area contributed by atoms with E-state index in [1.54, 1.807) is 6.07 Å². The molecule has 1 nitrogen and oxygen atoms in total. The number of halogens is 2. The topological polar surface area (TPSA) is 9.23 Å². The van der Waals surface area contributed by atoms with Crippen molar-refractivity contribution in [2.24, 2.45) is 0 Å². The third-order valence-electron chi connectivity index (χ3n) is 2.16. The van der Waals surface area contributed by atoms with Crippen LogP contribution in [0.3, 0.4) is 0 Å². The summed E-state index contributed by atoms with van der Waals surface area (Å²) < 4.78 is 20.1. The van der Waals surface area contributed by atoms with Crippen LogP contribution in [-0.4, -0.2) is 9.04 Å². The smallest absolute Gasteiger partial charge is 0.274 e. The van der Waals surface area contributed by atoms with Crippen molar-refractivity contribution in [2.75, 3.05) is 0 Å². The second kappa shape index (κ2) is 4.88. The van der Waals surface area contributed by atoms with Crippen LogP contribution in [0, 0.1) is 5.82 Å². The minimum atomic E-state index is -0.968. The van der Waals surface area contributed by atoms with Crippen molar-refractivity contribution in [1.29, 1.82) is 0 Å². The normalized spacial score (nSPS) is 12.0. The standard InChI is InChI=1S/C12H17BrFOSi/c1-12(2,3)8-6-7-9(13)10(14)11(8)15-16(4)5/h6-7H,1-5H3. The summed E-state index contributed by atoms with van der Waals surface area (Å²) in [6.07, 6.45) is 0. The lowest BCUT2D eigenvalue weighted by Crippen LogP contribution is -2.19. The number of benzene rings is 1. The summed E-state index contributed by atoms with van der Waals surface area (Å²) in [5.74, 6) is 0.111. The molecule has 0 heterocycles. The van der Waals surface area contributed by atoms with E-state index in [9.17, 15) is 4.39 Å². The zero-order chi connectivity index (χ0) is 12.5. The maximum absolute atomic E-state index is 14.0. The van der Waals surface area contributed by atoms with E-state index >= 15 is 0 Å². The van der Waals surface area contributed by atoms with Gasteiger partial charge in [-0.15, -0.1) is 0 Å². The molecule has 1 rings (SSSR count). The molecule has 1 aromatic rings. The molecule has 0 spiro atoms. The molecule has 1 aromatic carbocycles. The predicted molar refractivity (Wildman–Crippen MR) is 70.9 cm³/mol. The van der Waals surface area contributed by atoms with Crippen molar-refractivity contribution in [3.8, 4) is 5.75 Å². The van der Waals surface area contributed by atoms with Gasteiger partial charge in [-0.1, -0.05) is 26.8 Å². The maximum atomic E-state index is 14.0. The molecule has 0 aliphatic carbocycles. The summed E-state index contributed by atoms with van der Waals surface area (Å²) in [4.78, 5) is 0. The Hall–Kier alpha value is -0.353. The van der Waals surface area contributed by atoms with Crippen LogP contribution < -0.4 is 4.43 Å². The quantitative estimate of drug-likeness (QED) is 0.730. The molecule has 0 bridgehead atoms. The average molecular weight is 304 g/mol. The van der Waals surface area contributed by atoms with Crippen LogP contribution in [-0.2, 0) is 5.41 Å². The van der Waals surface area contributed by atoms with Crippen molar-refractivity contribution < 1.29 is 8.82 Å². The second-order valence-electron chi connectivity index (χ2n) is 5.00. The Labute approximate surface area is 107 Å². The summed E-state index contributed by atoms with van der Waals surface area (Å²) in [5.41, 5.74) is 0.799. The van der Waals surface area contributed by atoms with Crippen LogP contribution in [0.4, 0.5) is 4.39 Å². The van der Waals surface area contributed by atoms with E-state index in [2.05, 4.69) is 36.7 Å². The highest BCUT2D eigenvalue weighted by Crippen LogP contribution is 2.36. The molecule has 0 fully saturated rings. The molecule has 0 unspecified atom stereocenters. The Morgan fingerprint density at radius 2 is 1.81 bits per heavy atom. The number of hydrogen-bond acceptors (Lipinski definition) is 1. The molecule has 0 amide bonds. The molecule has 0 aliphatic heterocycles. The first-order valence-electron chi connectivity index (χ1n) is 5.20. The van der Waals surface area contributed by atoms with E-state index in [0.717, 1.165) is 5.56 Å². The fourth-order valence-corrected chi connectivity index (χ4v) is 2.35. The lowest BCUT2D eigenvalue weighted by Gasteiger charge is -2.24. The van der Waals surface area contributed by atoms with Gasteiger partial charge in [0.2, 0.25) is 0 Å². The van der Waals surface area contributed by atoms with E-state index in [1.165, 1.54) is 0 Å². The average Bonchev–Trinajstić information content (AvgIpc) is 2.10. The lowest BCUT2D eigenvalue weighted by atomic mass is 9.86. The van der Waals surface area contributed by atoms with Crippen LogP contribution in [0.2, 0.25) is 13.1 Å². The van der Waals surface area contributed by atoms with Crippen LogP contribution in [0.15, 0.2) is 16.6 Å². The zero-order valence-electron chi connectivity index (χ0n) is 10.3. The molecular formula is C12H17BrFOSi. The minimum absolute atomic E-state index is 0.117. The highest BCUT2D eigenvalue weighted by atomic mass is 79.9. The van der Waals surface area contributed by atoms with Crippen LogP contribution >= 0.6 is 15.9 Å². The first-order chi connectivity index (χ1) is 7.23.